The molecule has 1 rings (SSSR count). The maximum atomic E-state index is 10.4. The van der Waals surface area contributed by atoms with Crippen molar-refractivity contribution in [3.05, 3.63) is 28.8 Å². The van der Waals surface area contributed by atoms with Crippen molar-refractivity contribution in [2.45, 2.75) is 26.4 Å². The Morgan fingerprint density at radius 3 is 2.47 bits per heavy atom. The zero-order valence-electron chi connectivity index (χ0n) is 9.54. The minimum absolute atomic E-state index is 0.0878. The average molecular weight is 229 g/mol. The molecule has 0 bridgehead atoms. The summed E-state index contributed by atoms with van der Waals surface area (Å²) >= 11 is 5.92. The van der Waals surface area contributed by atoms with Crippen LogP contribution in [-0.4, -0.2) is 12.2 Å². The lowest BCUT2D eigenvalue weighted by Gasteiger charge is -2.29. The van der Waals surface area contributed by atoms with Gasteiger partial charge in [0.2, 0.25) is 0 Å². The molecule has 0 aromatic heterocycles. The van der Waals surface area contributed by atoms with E-state index in [4.69, 9.17) is 16.3 Å². The van der Waals surface area contributed by atoms with E-state index >= 15 is 0 Å². The molecule has 2 nitrogen and oxygen atoms in total. The van der Waals surface area contributed by atoms with Gasteiger partial charge in [-0.2, -0.15) is 0 Å². The molecule has 3 heteroatoms. The van der Waals surface area contributed by atoms with E-state index in [9.17, 15) is 5.11 Å². The third-order valence-corrected chi connectivity index (χ3v) is 3.07. The summed E-state index contributed by atoms with van der Waals surface area (Å²) in [7, 11) is 1.59. The maximum absolute atomic E-state index is 10.4. The van der Waals surface area contributed by atoms with Crippen molar-refractivity contribution in [3.8, 4) is 5.75 Å². The van der Waals surface area contributed by atoms with Gasteiger partial charge < -0.3 is 9.84 Å². The fourth-order valence-corrected chi connectivity index (χ4v) is 1.56. The molecule has 1 aromatic carbocycles. The standard InChI is InChI=1S/C12H17ClO2/c1-8(2)12(3,14)10-7-9(13)5-6-11(10)15-4/h5-8,14H,1-4H3/t12-/m1/s1. The molecule has 0 saturated heterocycles. The van der Waals surface area contributed by atoms with E-state index < -0.39 is 5.60 Å². The predicted octanol–water partition coefficient (Wildman–Crippen LogP) is 3.21. The molecule has 0 fully saturated rings. The number of benzene rings is 1. The number of rotatable bonds is 3. The molecule has 1 atom stereocenters. The topological polar surface area (TPSA) is 29.5 Å². The Morgan fingerprint density at radius 2 is 2.00 bits per heavy atom. The van der Waals surface area contributed by atoms with Crippen molar-refractivity contribution < 1.29 is 9.84 Å². The monoisotopic (exact) mass is 228 g/mol. The zero-order valence-corrected chi connectivity index (χ0v) is 10.3. The van der Waals surface area contributed by atoms with Crippen LogP contribution in [0, 0.1) is 5.92 Å². The molecule has 0 radical (unpaired) electrons. The first-order valence-corrected chi connectivity index (χ1v) is 5.33. The zero-order chi connectivity index (χ0) is 11.6. The van der Waals surface area contributed by atoms with Gasteiger partial charge in [0.25, 0.3) is 0 Å². The molecule has 0 spiro atoms. The van der Waals surface area contributed by atoms with E-state index in [1.165, 1.54) is 0 Å². The van der Waals surface area contributed by atoms with Crippen molar-refractivity contribution in [1.82, 2.24) is 0 Å². The molecule has 0 amide bonds. The van der Waals surface area contributed by atoms with Crippen molar-refractivity contribution in [2.75, 3.05) is 7.11 Å². The summed E-state index contributed by atoms with van der Waals surface area (Å²) in [6.45, 7) is 5.69. The second-order valence-corrected chi connectivity index (χ2v) is 4.58. The van der Waals surface area contributed by atoms with Crippen LogP contribution in [0.25, 0.3) is 0 Å². The van der Waals surface area contributed by atoms with Gasteiger partial charge in [-0.05, 0) is 31.0 Å². The fraction of sp³-hybridized carbons (Fsp3) is 0.500. The SMILES string of the molecule is COc1ccc(Cl)cc1[C@](C)(O)C(C)C. The summed E-state index contributed by atoms with van der Waals surface area (Å²) in [5.74, 6) is 0.753. The lowest BCUT2D eigenvalue weighted by Crippen LogP contribution is -2.28. The van der Waals surface area contributed by atoms with Crippen molar-refractivity contribution >= 4 is 11.6 Å². The Labute approximate surface area is 95.8 Å². The predicted molar refractivity (Wildman–Crippen MR) is 62.4 cm³/mol. The molecule has 0 aliphatic carbocycles. The molecule has 84 valence electrons. The summed E-state index contributed by atoms with van der Waals surface area (Å²) in [6.07, 6.45) is 0. The Kier molecular flexibility index (Phi) is 3.63. The van der Waals surface area contributed by atoms with E-state index in [0.717, 1.165) is 5.56 Å². The van der Waals surface area contributed by atoms with E-state index in [-0.39, 0.29) is 5.92 Å². The summed E-state index contributed by atoms with van der Waals surface area (Å²) in [5.41, 5.74) is -0.205. The van der Waals surface area contributed by atoms with Crippen LogP contribution in [0.3, 0.4) is 0 Å². The summed E-state index contributed by atoms with van der Waals surface area (Å²) in [5, 5.41) is 11.0. The first-order chi connectivity index (χ1) is 6.89. The Bertz CT molecular complexity index is 345. The molecule has 0 aliphatic rings. The second kappa shape index (κ2) is 4.42. The average Bonchev–Trinajstić information content (AvgIpc) is 2.17. The second-order valence-electron chi connectivity index (χ2n) is 4.15. The lowest BCUT2D eigenvalue weighted by atomic mass is 9.85. The molecule has 1 N–H and O–H groups in total. The highest BCUT2D eigenvalue weighted by molar-refractivity contribution is 6.30. The van der Waals surface area contributed by atoms with Gasteiger partial charge in [-0.25, -0.2) is 0 Å². The largest absolute Gasteiger partial charge is 0.496 e. The number of halogens is 1. The highest BCUT2D eigenvalue weighted by atomic mass is 35.5. The first-order valence-electron chi connectivity index (χ1n) is 4.96. The number of hydrogen-bond acceptors (Lipinski definition) is 2. The van der Waals surface area contributed by atoms with Gasteiger partial charge in [0.05, 0.1) is 12.7 Å². The minimum atomic E-state index is -0.934. The highest BCUT2D eigenvalue weighted by Crippen LogP contribution is 2.36. The van der Waals surface area contributed by atoms with Crippen LogP contribution >= 0.6 is 11.6 Å². The Hall–Kier alpha value is -0.730. The minimum Gasteiger partial charge on any atom is -0.496 e. The Balaban J connectivity index is 3.28. The number of methoxy groups -OCH3 is 1. The quantitative estimate of drug-likeness (QED) is 0.861. The van der Waals surface area contributed by atoms with Gasteiger partial charge in [0, 0.05) is 10.6 Å². The van der Waals surface area contributed by atoms with Gasteiger partial charge in [-0.15, -0.1) is 0 Å². The third-order valence-electron chi connectivity index (χ3n) is 2.83. The number of hydrogen-bond donors (Lipinski definition) is 1. The number of ether oxygens (including phenoxy) is 1. The molecule has 0 unspecified atom stereocenters. The molecular formula is C12H17ClO2. The van der Waals surface area contributed by atoms with Crippen LogP contribution < -0.4 is 4.74 Å². The first kappa shape index (κ1) is 12.3. The van der Waals surface area contributed by atoms with Crippen molar-refractivity contribution in [3.63, 3.8) is 0 Å². The van der Waals surface area contributed by atoms with Crippen LogP contribution in [0.4, 0.5) is 0 Å². The summed E-state index contributed by atoms with van der Waals surface area (Å²) in [6, 6.07) is 5.27. The fourth-order valence-electron chi connectivity index (χ4n) is 1.39. The molecule has 0 aliphatic heterocycles. The van der Waals surface area contributed by atoms with Crippen molar-refractivity contribution in [1.29, 1.82) is 0 Å². The maximum Gasteiger partial charge on any atom is 0.125 e. The molecule has 1 aromatic rings. The van der Waals surface area contributed by atoms with Crippen LogP contribution in [0.1, 0.15) is 26.3 Å². The van der Waals surface area contributed by atoms with Gasteiger partial charge in [-0.3, -0.25) is 0 Å². The van der Waals surface area contributed by atoms with Gasteiger partial charge in [0.1, 0.15) is 5.75 Å². The lowest BCUT2D eigenvalue weighted by molar-refractivity contribution is 0.00696. The third kappa shape index (κ3) is 2.44. The molecular weight excluding hydrogens is 212 g/mol. The van der Waals surface area contributed by atoms with Crippen LogP contribution in [0.5, 0.6) is 5.75 Å². The smallest absolute Gasteiger partial charge is 0.125 e. The van der Waals surface area contributed by atoms with Crippen LogP contribution in [0.2, 0.25) is 5.02 Å². The molecule has 0 heterocycles. The van der Waals surface area contributed by atoms with E-state index in [0.29, 0.717) is 10.8 Å². The van der Waals surface area contributed by atoms with E-state index in [2.05, 4.69) is 0 Å². The Morgan fingerprint density at radius 1 is 1.40 bits per heavy atom. The molecule has 0 saturated carbocycles. The normalized spacial score (nSPS) is 15.1. The van der Waals surface area contributed by atoms with Crippen molar-refractivity contribution in [2.24, 2.45) is 5.92 Å². The van der Waals surface area contributed by atoms with Gasteiger partial charge >= 0.3 is 0 Å². The molecule has 15 heavy (non-hydrogen) atoms. The highest BCUT2D eigenvalue weighted by Gasteiger charge is 2.30. The van der Waals surface area contributed by atoms with E-state index in [1.807, 2.05) is 13.8 Å². The summed E-state index contributed by atoms with van der Waals surface area (Å²) in [4.78, 5) is 0. The van der Waals surface area contributed by atoms with E-state index in [1.54, 1.807) is 32.2 Å². The van der Waals surface area contributed by atoms with Gasteiger partial charge in [-0.1, -0.05) is 25.4 Å². The van der Waals surface area contributed by atoms with Crippen LogP contribution in [-0.2, 0) is 5.60 Å². The van der Waals surface area contributed by atoms with Gasteiger partial charge in [0.15, 0.2) is 0 Å². The van der Waals surface area contributed by atoms with Crippen LogP contribution in [0.15, 0.2) is 18.2 Å². The number of aliphatic hydroxyl groups is 1. The summed E-state index contributed by atoms with van der Waals surface area (Å²) < 4.78 is 5.22.